The first-order valence-corrected chi connectivity index (χ1v) is 11.4. The average molecular weight is 470 g/mol. The third kappa shape index (κ3) is 4.96. The number of benzene rings is 3. The highest BCUT2D eigenvalue weighted by Gasteiger charge is 2.46. The summed E-state index contributed by atoms with van der Waals surface area (Å²) >= 11 is 0. The van der Waals surface area contributed by atoms with Crippen molar-refractivity contribution in [1.29, 1.82) is 0 Å². The van der Waals surface area contributed by atoms with Crippen molar-refractivity contribution in [3.63, 3.8) is 0 Å². The number of aliphatic hydroxyl groups excluding tert-OH is 1. The average Bonchev–Trinajstić information content (AvgIpc) is 3.13. The topological polar surface area (TPSA) is 76.1 Å². The molecular formula is C29H27NO5. The van der Waals surface area contributed by atoms with E-state index in [2.05, 4.69) is 6.58 Å². The van der Waals surface area contributed by atoms with Crippen LogP contribution in [-0.2, 0) is 16.1 Å². The van der Waals surface area contributed by atoms with E-state index in [0.717, 1.165) is 5.56 Å². The zero-order valence-corrected chi connectivity index (χ0v) is 19.5. The Bertz CT molecular complexity index is 1250. The quantitative estimate of drug-likeness (QED) is 0.200. The number of rotatable bonds is 9. The van der Waals surface area contributed by atoms with Crippen LogP contribution in [0.15, 0.2) is 97.1 Å². The molecule has 1 atom stereocenters. The zero-order chi connectivity index (χ0) is 24.8. The van der Waals surface area contributed by atoms with Gasteiger partial charge in [0.25, 0.3) is 11.7 Å². The molecule has 3 aromatic rings. The molecule has 0 radical (unpaired) electrons. The number of hydrogen-bond acceptors (Lipinski definition) is 5. The molecule has 0 saturated carbocycles. The predicted octanol–water partition coefficient (Wildman–Crippen LogP) is 5.27. The number of likely N-dealkylation sites (tertiary alicyclic amines) is 1. The van der Waals surface area contributed by atoms with Crippen LogP contribution in [0.2, 0.25) is 0 Å². The van der Waals surface area contributed by atoms with Gasteiger partial charge in [-0.3, -0.25) is 9.59 Å². The molecule has 1 aliphatic rings. The van der Waals surface area contributed by atoms with Crippen molar-refractivity contribution in [3.05, 3.63) is 114 Å². The van der Waals surface area contributed by atoms with Crippen LogP contribution in [-0.4, -0.2) is 34.9 Å². The number of Topliss-reactive ketones (excluding diaryl/α,β-unsaturated/α-hetero) is 1. The van der Waals surface area contributed by atoms with Gasteiger partial charge in [0.2, 0.25) is 0 Å². The summed E-state index contributed by atoms with van der Waals surface area (Å²) < 4.78 is 11.5. The lowest BCUT2D eigenvalue weighted by atomic mass is 9.95. The van der Waals surface area contributed by atoms with Gasteiger partial charge in [0.05, 0.1) is 18.2 Å². The lowest BCUT2D eigenvalue weighted by molar-refractivity contribution is -0.140. The van der Waals surface area contributed by atoms with Crippen LogP contribution in [0.4, 0.5) is 0 Å². The molecule has 1 fully saturated rings. The van der Waals surface area contributed by atoms with Crippen molar-refractivity contribution in [2.45, 2.75) is 19.5 Å². The van der Waals surface area contributed by atoms with Crippen LogP contribution >= 0.6 is 0 Å². The molecule has 6 heteroatoms. The van der Waals surface area contributed by atoms with Crippen LogP contribution in [0.5, 0.6) is 11.5 Å². The molecule has 1 aliphatic heterocycles. The van der Waals surface area contributed by atoms with Gasteiger partial charge >= 0.3 is 0 Å². The lowest BCUT2D eigenvalue weighted by Gasteiger charge is -2.26. The number of aliphatic hydroxyl groups is 1. The zero-order valence-electron chi connectivity index (χ0n) is 19.5. The summed E-state index contributed by atoms with van der Waals surface area (Å²) in [7, 11) is 0. The monoisotopic (exact) mass is 469 g/mol. The van der Waals surface area contributed by atoms with Gasteiger partial charge in [0, 0.05) is 12.1 Å². The predicted molar refractivity (Wildman–Crippen MR) is 134 cm³/mol. The van der Waals surface area contributed by atoms with E-state index in [4.69, 9.17) is 9.47 Å². The first kappa shape index (κ1) is 23.8. The van der Waals surface area contributed by atoms with Crippen LogP contribution in [0.1, 0.15) is 29.7 Å². The van der Waals surface area contributed by atoms with E-state index in [1.165, 1.54) is 4.90 Å². The van der Waals surface area contributed by atoms with E-state index in [1.54, 1.807) is 48.5 Å². The molecule has 0 aromatic heterocycles. The Kier molecular flexibility index (Phi) is 7.31. The minimum Gasteiger partial charge on any atom is -0.507 e. The number of hydrogen-bond donors (Lipinski definition) is 1. The summed E-state index contributed by atoms with van der Waals surface area (Å²) in [6, 6.07) is 22.7. The molecule has 0 bridgehead atoms. The van der Waals surface area contributed by atoms with Crippen molar-refractivity contribution in [2.24, 2.45) is 0 Å². The number of ether oxygens (including phenoxy) is 2. The number of carbonyl (C=O) groups is 2. The molecule has 1 amide bonds. The van der Waals surface area contributed by atoms with Crippen LogP contribution in [0.25, 0.3) is 5.76 Å². The highest BCUT2D eigenvalue weighted by atomic mass is 16.5. The maximum Gasteiger partial charge on any atom is 0.295 e. The van der Waals surface area contributed by atoms with Gasteiger partial charge < -0.3 is 19.5 Å². The highest BCUT2D eigenvalue weighted by molar-refractivity contribution is 6.46. The Morgan fingerprint density at radius 3 is 2.31 bits per heavy atom. The summed E-state index contributed by atoms with van der Waals surface area (Å²) in [5.74, 6) is -0.594. The van der Waals surface area contributed by atoms with Crippen molar-refractivity contribution in [2.75, 3.05) is 13.2 Å². The second-order valence-corrected chi connectivity index (χ2v) is 8.02. The number of ketones is 1. The van der Waals surface area contributed by atoms with Crippen molar-refractivity contribution in [1.82, 2.24) is 4.90 Å². The SMILES string of the molecule is C=CCOc1ccc(C2/C(=C(\O)c3ccccc3)C(=O)C(=O)N2Cc2ccccc2)cc1OCC. The summed E-state index contributed by atoms with van der Waals surface area (Å²) in [5, 5.41) is 11.2. The largest absolute Gasteiger partial charge is 0.507 e. The van der Waals surface area contributed by atoms with Gasteiger partial charge in [-0.1, -0.05) is 79.4 Å². The summed E-state index contributed by atoms with van der Waals surface area (Å²) in [5.41, 5.74) is 2.01. The van der Waals surface area contributed by atoms with Gasteiger partial charge in [-0.25, -0.2) is 0 Å². The van der Waals surface area contributed by atoms with Crippen molar-refractivity contribution < 1.29 is 24.2 Å². The van der Waals surface area contributed by atoms with E-state index in [1.807, 2.05) is 43.3 Å². The maximum absolute atomic E-state index is 13.2. The highest BCUT2D eigenvalue weighted by Crippen LogP contribution is 2.42. The Hall–Kier alpha value is -4.32. The number of nitrogens with zero attached hydrogens (tertiary/aromatic N) is 1. The molecule has 0 aliphatic carbocycles. The van der Waals surface area contributed by atoms with E-state index in [-0.39, 0.29) is 17.9 Å². The Morgan fingerprint density at radius 1 is 0.971 bits per heavy atom. The Morgan fingerprint density at radius 2 is 1.66 bits per heavy atom. The smallest absolute Gasteiger partial charge is 0.295 e. The fourth-order valence-corrected chi connectivity index (χ4v) is 4.15. The fourth-order valence-electron chi connectivity index (χ4n) is 4.15. The maximum atomic E-state index is 13.2. The summed E-state index contributed by atoms with van der Waals surface area (Å²) in [4.78, 5) is 28.0. The molecular weight excluding hydrogens is 442 g/mol. The molecule has 178 valence electrons. The number of carbonyl (C=O) groups excluding carboxylic acids is 2. The summed E-state index contributed by atoms with van der Waals surface area (Å²) in [6.45, 7) is 6.46. The van der Waals surface area contributed by atoms with E-state index in [9.17, 15) is 14.7 Å². The van der Waals surface area contributed by atoms with Crippen LogP contribution in [0.3, 0.4) is 0 Å². The van der Waals surface area contributed by atoms with Crippen LogP contribution < -0.4 is 9.47 Å². The minimum atomic E-state index is -0.803. The molecule has 1 heterocycles. The molecule has 1 N–H and O–H groups in total. The third-order valence-corrected chi connectivity index (χ3v) is 5.72. The molecule has 3 aromatic carbocycles. The Labute approximate surface area is 204 Å². The molecule has 0 spiro atoms. The first-order valence-electron chi connectivity index (χ1n) is 11.4. The van der Waals surface area contributed by atoms with Crippen LogP contribution in [0, 0.1) is 0 Å². The molecule has 1 saturated heterocycles. The van der Waals surface area contributed by atoms with Gasteiger partial charge in [-0.2, -0.15) is 0 Å². The van der Waals surface area contributed by atoms with E-state index < -0.39 is 17.7 Å². The minimum absolute atomic E-state index is 0.0411. The molecule has 4 rings (SSSR count). The van der Waals surface area contributed by atoms with Gasteiger partial charge in [0.1, 0.15) is 12.4 Å². The summed E-state index contributed by atoms with van der Waals surface area (Å²) in [6.07, 6.45) is 1.64. The lowest BCUT2D eigenvalue weighted by Crippen LogP contribution is -2.29. The third-order valence-electron chi connectivity index (χ3n) is 5.72. The van der Waals surface area contributed by atoms with Crippen molar-refractivity contribution in [3.8, 4) is 11.5 Å². The normalized spacial score (nSPS) is 16.8. The van der Waals surface area contributed by atoms with E-state index in [0.29, 0.717) is 35.8 Å². The second kappa shape index (κ2) is 10.7. The molecule has 6 nitrogen and oxygen atoms in total. The second-order valence-electron chi connectivity index (χ2n) is 8.02. The van der Waals surface area contributed by atoms with Gasteiger partial charge in [-0.15, -0.1) is 0 Å². The molecule has 1 unspecified atom stereocenters. The Balaban J connectivity index is 1.86. The van der Waals surface area contributed by atoms with Gasteiger partial charge in [0.15, 0.2) is 11.5 Å². The standard InChI is InChI=1S/C29H27NO5/c1-3-17-35-23-16-15-22(18-24(23)34-4-2)26-25(27(31)21-13-9-6-10-14-21)28(32)29(33)30(26)19-20-11-7-5-8-12-20/h3,5-16,18,26,31H,1,4,17,19H2,2H3/b27-25+. The van der Waals surface area contributed by atoms with E-state index >= 15 is 0 Å². The van der Waals surface area contributed by atoms with Crippen molar-refractivity contribution >= 4 is 17.4 Å². The number of amides is 1. The van der Waals surface area contributed by atoms with Gasteiger partial charge in [-0.05, 0) is 30.2 Å². The fraction of sp³-hybridized carbons (Fsp3) is 0.172. The first-order chi connectivity index (χ1) is 17.0. The molecule has 35 heavy (non-hydrogen) atoms.